The van der Waals surface area contributed by atoms with E-state index < -0.39 is 0 Å². The van der Waals surface area contributed by atoms with E-state index in [0.29, 0.717) is 12.8 Å². The summed E-state index contributed by atoms with van der Waals surface area (Å²) < 4.78 is 0. The van der Waals surface area contributed by atoms with E-state index in [0.717, 1.165) is 12.8 Å². The summed E-state index contributed by atoms with van der Waals surface area (Å²) in [6.45, 7) is 16.4. The number of imide groups is 1. The summed E-state index contributed by atoms with van der Waals surface area (Å²) in [5.41, 5.74) is 0. The van der Waals surface area contributed by atoms with E-state index >= 15 is 0 Å². The van der Waals surface area contributed by atoms with Crippen molar-refractivity contribution in [2.45, 2.75) is 95.7 Å². The smallest absolute Gasteiger partial charge is 0.229 e. The zero-order chi connectivity index (χ0) is 16.2. The highest BCUT2D eigenvalue weighted by atomic mass is 31.1. The largest absolute Gasteiger partial charge is 0.279 e. The zero-order valence-electron chi connectivity index (χ0n) is 14.6. The van der Waals surface area contributed by atoms with Crippen LogP contribution < -0.4 is 0 Å². The second-order valence-electron chi connectivity index (χ2n) is 8.85. The summed E-state index contributed by atoms with van der Waals surface area (Å²) >= 11 is 0. The third-order valence-corrected chi connectivity index (χ3v) is 8.94. The first-order valence-electron chi connectivity index (χ1n) is 8.02. The van der Waals surface area contributed by atoms with Gasteiger partial charge in [-0.25, -0.2) is 0 Å². The molecule has 0 bridgehead atoms. The van der Waals surface area contributed by atoms with Gasteiger partial charge in [-0.15, -0.1) is 0 Å². The van der Waals surface area contributed by atoms with E-state index in [9.17, 15) is 9.59 Å². The van der Waals surface area contributed by atoms with Gasteiger partial charge in [0.25, 0.3) is 0 Å². The summed E-state index contributed by atoms with van der Waals surface area (Å²) in [6.07, 6.45) is 2.72. The van der Waals surface area contributed by atoms with Crippen molar-refractivity contribution >= 4 is 19.7 Å². The summed E-state index contributed by atoms with van der Waals surface area (Å²) in [6, 6.07) is 0.0959. The van der Waals surface area contributed by atoms with E-state index in [-0.39, 0.29) is 41.2 Å². The normalized spacial score (nSPS) is 32.6. The summed E-state index contributed by atoms with van der Waals surface area (Å²) in [4.78, 5) is 25.8. The van der Waals surface area contributed by atoms with Crippen molar-refractivity contribution in [3.8, 4) is 0 Å². The molecule has 21 heavy (non-hydrogen) atoms. The number of likely N-dealkylation sites (tertiary alicyclic amines) is 1. The number of carbonyl (C=O) groups is 2. The molecule has 0 aromatic heterocycles. The van der Waals surface area contributed by atoms with E-state index in [4.69, 9.17) is 0 Å². The van der Waals surface area contributed by atoms with Crippen LogP contribution in [-0.4, -0.2) is 38.2 Å². The van der Waals surface area contributed by atoms with Crippen LogP contribution in [0.3, 0.4) is 0 Å². The van der Waals surface area contributed by atoms with Crippen LogP contribution in [0.2, 0.25) is 0 Å². The molecule has 2 heterocycles. The zero-order valence-corrected chi connectivity index (χ0v) is 15.5. The Morgan fingerprint density at radius 1 is 0.952 bits per heavy atom. The Hall–Kier alpha value is -0.430. The fraction of sp³-hybridized carbons (Fsp3) is 0.882. The average Bonchev–Trinajstić information content (AvgIpc) is 2.51. The Morgan fingerprint density at radius 3 is 1.67 bits per heavy atom. The highest BCUT2D eigenvalue weighted by Crippen LogP contribution is 2.72. The van der Waals surface area contributed by atoms with Crippen molar-refractivity contribution in [1.82, 2.24) is 4.90 Å². The van der Waals surface area contributed by atoms with Gasteiger partial charge < -0.3 is 0 Å². The lowest BCUT2D eigenvalue weighted by Gasteiger charge is -2.58. The van der Waals surface area contributed by atoms with Crippen molar-refractivity contribution in [3.05, 3.63) is 0 Å². The van der Waals surface area contributed by atoms with Crippen LogP contribution in [0.25, 0.3) is 0 Å². The first-order valence-corrected chi connectivity index (χ1v) is 9.36. The van der Waals surface area contributed by atoms with Crippen molar-refractivity contribution < 1.29 is 9.59 Å². The maximum atomic E-state index is 12.1. The maximum Gasteiger partial charge on any atom is 0.229 e. The fourth-order valence-electron chi connectivity index (χ4n) is 5.23. The van der Waals surface area contributed by atoms with E-state index in [2.05, 4.69) is 48.5 Å². The third kappa shape index (κ3) is 3.04. The molecule has 0 aliphatic carbocycles. The lowest BCUT2D eigenvalue weighted by atomic mass is 9.91. The molecule has 0 aromatic carbocycles. The maximum absolute atomic E-state index is 12.1. The standard InChI is InChI=1S/C17H30NO2P/c1-15(2,3)21-16(4,5)10-12(11-17(21,6)7)18-13(19)8-9-14(18)20/h12H,8-11H2,1-7H3. The molecule has 0 unspecified atom stereocenters. The van der Waals surface area contributed by atoms with Crippen molar-refractivity contribution in [2.24, 2.45) is 0 Å². The molecule has 0 spiro atoms. The van der Waals surface area contributed by atoms with Crippen LogP contribution in [0.15, 0.2) is 0 Å². The predicted octanol–water partition coefficient (Wildman–Crippen LogP) is 4.14. The molecule has 0 atom stereocenters. The van der Waals surface area contributed by atoms with Gasteiger partial charge >= 0.3 is 0 Å². The monoisotopic (exact) mass is 311 g/mol. The van der Waals surface area contributed by atoms with Crippen molar-refractivity contribution in [1.29, 1.82) is 0 Å². The molecule has 0 aromatic rings. The van der Waals surface area contributed by atoms with Gasteiger partial charge in [0, 0.05) is 18.9 Å². The number of rotatable bonds is 1. The number of carbonyl (C=O) groups excluding carboxylic acids is 2. The molecule has 2 fully saturated rings. The summed E-state index contributed by atoms with van der Waals surface area (Å²) in [5, 5.41) is 0.651. The van der Waals surface area contributed by atoms with Crippen LogP contribution in [0.1, 0.15) is 74.1 Å². The minimum Gasteiger partial charge on any atom is -0.279 e. The molecular weight excluding hydrogens is 281 g/mol. The van der Waals surface area contributed by atoms with Crippen molar-refractivity contribution in [3.63, 3.8) is 0 Å². The Morgan fingerprint density at radius 2 is 1.33 bits per heavy atom. The topological polar surface area (TPSA) is 37.4 Å². The Balaban J connectivity index is 2.33. The number of hydrogen-bond acceptors (Lipinski definition) is 2. The Labute approximate surface area is 130 Å². The van der Waals surface area contributed by atoms with Gasteiger partial charge in [0.15, 0.2) is 0 Å². The Bertz CT molecular complexity index is 428. The van der Waals surface area contributed by atoms with Crippen LogP contribution >= 0.6 is 7.92 Å². The third-order valence-electron chi connectivity index (χ3n) is 4.81. The molecule has 2 rings (SSSR count). The highest BCUT2D eigenvalue weighted by Gasteiger charge is 2.54. The van der Waals surface area contributed by atoms with E-state index in [1.807, 2.05) is 0 Å². The molecular formula is C17H30NO2P. The van der Waals surface area contributed by atoms with E-state index in [1.165, 1.54) is 0 Å². The minimum absolute atomic E-state index is 0.0404. The first kappa shape index (κ1) is 16.9. The molecule has 2 amide bonds. The van der Waals surface area contributed by atoms with Gasteiger partial charge in [-0.05, 0) is 28.3 Å². The van der Waals surface area contributed by atoms with Gasteiger partial charge in [0.05, 0.1) is 0 Å². The first-order chi connectivity index (χ1) is 9.36. The van der Waals surface area contributed by atoms with Crippen LogP contribution in [0, 0.1) is 0 Å². The van der Waals surface area contributed by atoms with Crippen LogP contribution in [0.4, 0.5) is 0 Å². The lowest BCUT2D eigenvalue weighted by Crippen LogP contribution is -2.53. The summed E-state index contributed by atoms with van der Waals surface area (Å²) in [5.74, 6) is 0.0807. The van der Waals surface area contributed by atoms with Crippen LogP contribution in [-0.2, 0) is 9.59 Å². The fourth-order valence-corrected chi connectivity index (χ4v) is 11.3. The lowest BCUT2D eigenvalue weighted by molar-refractivity contribution is -0.141. The molecule has 4 heteroatoms. The van der Waals surface area contributed by atoms with Gasteiger partial charge in [0.2, 0.25) is 11.8 Å². The second kappa shape index (κ2) is 5.05. The predicted molar refractivity (Wildman–Crippen MR) is 88.9 cm³/mol. The highest BCUT2D eigenvalue weighted by molar-refractivity contribution is 7.62. The Kier molecular flexibility index (Phi) is 4.07. The van der Waals surface area contributed by atoms with Gasteiger partial charge in [-0.3, -0.25) is 14.5 Å². The van der Waals surface area contributed by atoms with Gasteiger partial charge in [-0.1, -0.05) is 56.4 Å². The minimum atomic E-state index is -0.218. The SMILES string of the molecule is CC(C)(C)P1C(C)(C)CC(N2C(=O)CCC2=O)CC1(C)C. The van der Waals surface area contributed by atoms with Crippen LogP contribution in [0.5, 0.6) is 0 Å². The molecule has 2 saturated heterocycles. The van der Waals surface area contributed by atoms with Gasteiger partial charge in [-0.2, -0.15) is 0 Å². The van der Waals surface area contributed by atoms with Crippen molar-refractivity contribution in [2.75, 3.05) is 0 Å². The molecule has 3 nitrogen and oxygen atoms in total. The van der Waals surface area contributed by atoms with Gasteiger partial charge in [0.1, 0.15) is 0 Å². The summed E-state index contributed by atoms with van der Waals surface area (Å²) in [7, 11) is -0.218. The van der Waals surface area contributed by atoms with E-state index in [1.54, 1.807) is 4.90 Å². The molecule has 0 saturated carbocycles. The molecule has 2 aliphatic rings. The molecule has 2 aliphatic heterocycles. The molecule has 120 valence electrons. The number of hydrogen-bond donors (Lipinski definition) is 0. The molecule has 0 N–H and O–H groups in total. The average molecular weight is 311 g/mol. The number of amides is 2. The molecule has 0 radical (unpaired) electrons. The number of nitrogens with zero attached hydrogens (tertiary/aromatic N) is 1. The quantitative estimate of drug-likeness (QED) is 0.539. The second-order valence-corrected chi connectivity index (χ2v) is 13.3.